The van der Waals surface area contributed by atoms with E-state index in [4.69, 9.17) is 5.14 Å². The summed E-state index contributed by atoms with van der Waals surface area (Å²) < 4.78 is 25.4. The van der Waals surface area contributed by atoms with Gasteiger partial charge in [-0.05, 0) is 50.8 Å². The normalized spacial score (nSPS) is 16.5. The molecule has 1 amide bonds. The van der Waals surface area contributed by atoms with Gasteiger partial charge in [-0.15, -0.1) is 0 Å². The molecule has 28 heavy (non-hydrogen) atoms. The minimum atomic E-state index is -3.78. The van der Waals surface area contributed by atoms with Crippen LogP contribution in [-0.2, 0) is 21.4 Å². The van der Waals surface area contributed by atoms with Gasteiger partial charge in [-0.3, -0.25) is 4.79 Å². The molecule has 2 N–H and O–H groups in total. The maximum absolute atomic E-state index is 12.8. The summed E-state index contributed by atoms with van der Waals surface area (Å²) in [7, 11) is -3.78. The zero-order chi connectivity index (χ0) is 20.3. The first kappa shape index (κ1) is 21.1. The number of sulfonamides is 1. The Morgan fingerprint density at radius 1 is 1.29 bits per heavy atom. The molecule has 0 aliphatic carbocycles. The van der Waals surface area contributed by atoms with E-state index in [1.165, 1.54) is 30.3 Å². The zero-order valence-corrected chi connectivity index (χ0v) is 18.1. The van der Waals surface area contributed by atoms with Gasteiger partial charge in [-0.2, -0.15) is 0 Å². The van der Waals surface area contributed by atoms with Crippen LogP contribution in [0.1, 0.15) is 46.0 Å². The highest BCUT2D eigenvalue weighted by molar-refractivity contribution is 8.00. The molecular weight excluding hydrogens is 396 g/mol. The topological polar surface area (TPSA) is 98.3 Å². The number of hydrogen-bond acceptors (Lipinski definition) is 5. The van der Waals surface area contributed by atoms with E-state index in [0.29, 0.717) is 5.52 Å². The zero-order valence-electron chi connectivity index (χ0n) is 16.4. The second kappa shape index (κ2) is 8.84. The number of aromatic nitrogens is 2. The van der Waals surface area contributed by atoms with Crippen LogP contribution < -0.4 is 5.14 Å². The third-order valence-electron chi connectivity index (χ3n) is 5.05. The monoisotopic (exact) mass is 424 g/mol. The van der Waals surface area contributed by atoms with Crippen LogP contribution >= 0.6 is 11.8 Å². The summed E-state index contributed by atoms with van der Waals surface area (Å²) in [4.78, 5) is 19.4. The predicted molar refractivity (Wildman–Crippen MR) is 112 cm³/mol. The Labute approximate surface area is 170 Å². The molecule has 1 saturated heterocycles. The van der Waals surface area contributed by atoms with Gasteiger partial charge in [0.25, 0.3) is 0 Å². The smallest absolute Gasteiger partial charge is 0.238 e. The van der Waals surface area contributed by atoms with Crippen molar-refractivity contribution in [1.82, 2.24) is 14.5 Å². The lowest BCUT2D eigenvalue weighted by atomic mass is 10.1. The predicted octanol–water partition coefficient (Wildman–Crippen LogP) is 2.98. The highest BCUT2D eigenvalue weighted by atomic mass is 32.2. The second-order valence-electron chi connectivity index (χ2n) is 7.24. The van der Waals surface area contributed by atoms with E-state index in [2.05, 4.69) is 16.5 Å². The average Bonchev–Trinajstić information content (AvgIpc) is 3.01. The summed E-state index contributed by atoms with van der Waals surface area (Å²) in [6, 6.07) is 4.77. The summed E-state index contributed by atoms with van der Waals surface area (Å²) in [6.45, 7) is 6.46. The van der Waals surface area contributed by atoms with Gasteiger partial charge < -0.3 is 9.47 Å². The summed E-state index contributed by atoms with van der Waals surface area (Å²) in [5.41, 5.74) is 1.45. The third-order valence-corrected chi connectivity index (χ3v) is 7.03. The number of likely N-dealkylation sites (tertiary alicyclic amines) is 1. The Balaban J connectivity index is 1.90. The molecule has 1 atom stereocenters. The van der Waals surface area contributed by atoms with Crippen molar-refractivity contribution in [2.24, 2.45) is 5.14 Å². The molecule has 0 spiro atoms. The number of nitrogens with zero attached hydrogens (tertiary/aromatic N) is 3. The lowest BCUT2D eigenvalue weighted by Crippen LogP contribution is -2.40. The van der Waals surface area contributed by atoms with Gasteiger partial charge in [-0.25, -0.2) is 18.5 Å². The Bertz CT molecular complexity index is 949. The quantitative estimate of drug-likeness (QED) is 0.689. The van der Waals surface area contributed by atoms with Crippen molar-refractivity contribution in [1.29, 1.82) is 0 Å². The van der Waals surface area contributed by atoms with Gasteiger partial charge in [0.2, 0.25) is 15.9 Å². The van der Waals surface area contributed by atoms with E-state index in [1.54, 1.807) is 6.07 Å². The number of piperidine rings is 1. The van der Waals surface area contributed by atoms with E-state index in [1.807, 2.05) is 11.8 Å². The molecule has 1 aliphatic heterocycles. The first-order valence-corrected chi connectivity index (χ1v) is 12.2. The Morgan fingerprint density at radius 2 is 2.00 bits per heavy atom. The Hall–Kier alpha value is -1.58. The number of imidazole rings is 1. The number of rotatable bonds is 7. The molecule has 1 aromatic heterocycles. The molecule has 0 radical (unpaired) electrons. The molecule has 7 nitrogen and oxygen atoms in total. The summed E-state index contributed by atoms with van der Waals surface area (Å²) in [5.74, 6) is 0.143. The van der Waals surface area contributed by atoms with E-state index >= 15 is 0 Å². The van der Waals surface area contributed by atoms with Crippen molar-refractivity contribution in [2.75, 3.05) is 13.1 Å². The number of amides is 1. The maximum Gasteiger partial charge on any atom is 0.238 e. The van der Waals surface area contributed by atoms with Gasteiger partial charge in [-0.1, -0.05) is 25.1 Å². The largest absolute Gasteiger partial charge is 0.342 e. The number of thioether (sulfide) groups is 1. The fourth-order valence-corrected chi connectivity index (χ4v) is 5.03. The minimum Gasteiger partial charge on any atom is -0.342 e. The van der Waals surface area contributed by atoms with Crippen molar-refractivity contribution >= 4 is 38.7 Å². The second-order valence-corrected chi connectivity index (χ2v) is 10.1. The number of benzene rings is 1. The van der Waals surface area contributed by atoms with Crippen LogP contribution in [0.3, 0.4) is 0 Å². The molecule has 9 heteroatoms. The van der Waals surface area contributed by atoms with E-state index < -0.39 is 10.0 Å². The SMILES string of the molecule is CCCCn1c(S[C@H](C)C(=O)N2CCCCC2)nc2cc(S(N)(=O)=O)ccc21. The van der Waals surface area contributed by atoms with Gasteiger partial charge in [0.15, 0.2) is 5.16 Å². The first-order chi connectivity index (χ1) is 13.3. The molecule has 2 heterocycles. The van der Waals surface area contributed by atoms with Gasteiger partial charge in [0, 0.05) is 19.6 Å². The number of hydrogen-bond donors (Lipinski definition) is 1. The molecule has 2 aromatic rings. The number of fused-ring (bicyclic) bond motifs is 1. The van der Waals surface area contributed by atoms with Crippen molar-refractivity contribution < 1.29 is 13.2 Å². The molecule has 0 saturated carbocycles. The highest BCUT2D eigenvalue weighted by Gasteiger charge is 2.25. The van der Waals surface area contributed by atoms with Crippen molar-refractivity contribution in [2.45, 2.75) is 67.8 Å². The van der Waals surface area contributed by atoms with Crippen LogP contribution in [0.25, 0.3) is 11.0 Å². The Morgan fingerprint density at radius 3 is 2.64 bits per heavy atom. The summed E-state index contributed by atoms with van der Waals surface area (Å²) >= 11 is 1.44. The van der Waals surface area contributed by atoms with Crippen LogP contribution in [0.2, 0.25) is 0 Å². The number of carbonyl (C=O) groups excluding carboxylic acids is 1. The molecule has 3 rings (SSSR count). The minimum absolute atomic E-state index is 0.0501. The van der Waals surface area contributed by atoms with E-state index in [9.17, 15) is 13.2 Å². The molecule has 1 aliphatic rings. The lowest BCUT2D eigenvalue weighted by Gasteiger charge is -2.28. The summed E-state index contributed by atoms with van der Waals surface area (Å²) in [6.07, 6.45) is 5.32. The molecule has 1 aromatic carbocycles. The first-order valence-electron chi connectivity index (χ1n) is 9.79. The molecule has 1 fully saturated rings. The van der Waals surface area contributed by atoms with Gasteiger partial charge >= 0.3 is 0 Å². The van der Waals surface area contributed by atoms with Crippen LogP contribution in [0.15, 0.2) is 28.3 Å². The molecule has 0 bridgehead atoms. The number of nitrogens with two attached hydrogens (primary N) is 1. The molecule has 154 valence electrons. The third kappa shape index (κ3) is 4.69. The van der Waals surface area contributed by atoms with Gasteiger partial charge in [0.05, 0.1) is 21.2 Å². The van der Waals surface area contributed by atoms with Crippen LogP contribution in [0.5, 0.6) is 0 Å². The van der Waals surface area contributed by atoms with Crippen LogP contribution in [-0.4, -0.2) is 47.1 Å². The number of primary sulfonamides is 1. The average molecular weight is 425 g/mol. The number of aryl methyl sites for hydroxylation is 1. The van der Waals surface area contributed by atoms with E-state index in [0.717, 1.165) is 56.0 Å². The van der Waals surface area contributed by atoms with Crippen molar-refractivity contribution in [3.8, 4) is 0 Å². The Kier molecular flexibility index (Phi) is 6.67. The number of carbonyl (C=O) groups is 1. The molecule has 0 unspecified atom stereocenters. The van der Waals surface area contributed by atoms with Crippen molar-refractivity contribution in [3.63, 3.8) is 0 Å². The maximum atomic E-state index is 12.8. The lowest BCUT2D eigenvalue weighted by molar-refractivity contribution is -0.131. The van der Waals surface area contributed by atoms with Gasteiger partial charge in [0.1, 0.15) is 0 Å². The fraction of sp³-hybridized carbons (Fsp3) is 0.579. The van der Waals surface area contributed by atoms with Crippen LogP contribution in [0.4, 0.5) is 0 Å². The van der Waals surface area contributed by atoms with Crippen LogP contribution in [0, 0.1) is 0 Å². The summed E-state index contributed by atoms with van der Waals surface area (Å²) in [5, 5.41) is 5.76. The fourth-order valence-electron chi connectivity index (χ4n) is 3.47. The van der Waals surface area contributed by atoms with Crippen molar-refractivity contribution in [3.05, 3.63) is 18.2 Å². The molecular formula is C19H28N4O3S2. The highest BCUT2D eigenvalue weighted by Crippen LogP contribution is 2.30. The standard InChI is InChI=1S/C19H28N4O3S2/c1-3-4-12-23-17-9-8-15(28(20,25)26)13-16(17)21-19(23)27-14(2)18(24)22-10-6-5-7-11-22/h8-9,13-14H,3-7,10-12H2,1-2H3,(H2,20,25,26)/t14-/m1/s1. The van der Waals surface area contributed by atoms with E-state index in [-0.39, 0.29) is 16.1 Å². The number of unbranched alkanes of at least 4 members (excludes halogenated alkanes) is 1.